The summed E-state index contributed by atoms with van der Waals surface area (Å²) in [4.78, 5) is 0. The molecular weight excluding hydrogens is 224 g/mol. The van der Waals surface area contributed by atoms with E-state index < -0.39 is 0 Å². The van der Waals surface area contributed by atoms with Crippen molar-refractivity contribution >= 4 is 0 Å². The fourth-order valence-electron chi connectivity index (χ4n) is 2.49. The van der Waals surface area contributed by atoms with Crippen LogP contribution in [0.25, 0.3) is 0 Å². The third-order valence-electron chi connectivity index (χ3n) is 3.69. The van der Waals surface area contributed by atoms with Crippen molar-refractivity contribution in [1.82, 2.24) is 5.32 Å². The molecule has 1 heterocycles. The topological polar surface area (TPSA) is 47.3 Å². The van der Waals surface area contributed by atoms with Crippen LogP contribution in [0.2, 0.25) is 0 Å². The summed E-state index contributed by atoms with van der Waals surface area (Å²) in [5, 5.41) is 3.47. The maximum Gasteiger partial charge on any atom is 0.0588 e. The molecule has 1 aromatic rings. The lowest BCUT2D eigenvalue weighted by atomic mass is 10.0. The number of nitrogens with two attached hydrogens (primary N) is 1. The molecule has 1 aliphatic heterocycles. The molecule has 0 radical (unpaired) electrons. The van der Waals surface area contributed by atoms with Gasteiger partial charge >= 0.3 is 0 Å². The van der Waals surface area contributed by atoms with Gasteiger partial charge in [0.2, 0.25) is 0 Å². The summed E-state index contributed by atoms with van der Waals surface area (Å²) in [7, 11) is 0. The highest BCUT2D eigenvalue weighted by molar-refractivity contribution is 5.15. The molecule has 1 fully saturated rings. The van der Waals surface area contributed by atoms with Crippen molar-refractivity contribution in [2.24, 2.45) is 11.7 Å². The van der Waals surface area contributed by atoms with E-state index >= 15 is 0 Å². The first-order valence-corrected chi connectivity index (χ1v) is 6.87. The zero-order chi connectivity index (χ0) is 12.8. The normalized spacial score (nSPS) is 25.2. The SMILES string of the molecule is CC1OCCC1CNC[C@H](N)Cc1ccccc1. The van der Waals surface area contributed by atoms with E-state index in [4.69, 9.17) is 10.5 Å². The summed E-state index contributed by atoms with van der Waals surface area (Å²) >= 11 is 0. The number of benzene rings is 1. The Labute approximate surface area is 110 Å². The van der Waals surface area contributed by atoms with Gasteiger partial charge in [-0.1, -0.05) is 30.3 Å². The molecular formula is C15H24N2O. The smallest absolute Gasteiger partial charge is 0.0588 e. The molecule has 2 rings (SSSR count). The number of rotatable bonds is 6. The van der Waals surface area contributed by atoms with Gasteiger partial charge in [-0.3, -0.25) is 0 Å². The van der Waals surface area contributed by atoms with Crippen LogP contribution in [0.4, 0.5) is 0 Å². The molecule has 18 heavy (non-hydrogen) atoms. The van der Waals surface area contributed by atoms with Gasteiger partial charge in [0.1, 0.15) is 0 Å². The highest BCUT2D eigenvalue weighted by Gasteiger charge is 2.23. The lowest BCUT2D eigenvalue weighted by Crippen LogP contribution is -2.38. The average Bonchev–Trinajstić information content (AvgIpc) is 2.76. The second-order valence-corrected chi connectivity index (χ2v) is 5.23. The highest BCUT2D eigenvalue weighted by Crippen LogP contribution is 2.19. The molecule has 3 atom stereocenters. The van der Waals surface area contributed by atoms with Gasteiger partial charge in [-0.15, -0.1) is 0 Å². The molecule has 1 saturated heterocycles. The average molecular weight is 248 g/mol. The summed E-state index contributed by atoms with van der Waals surface area (Å²) in [5.41, 5.74) is 7.44. The lowest BCUT2D eigenvalue weighted by molar-refractivity contribution is 0.105. The lowest BCUT2D eigenvalue weighted by Gasteiger charge is -2.17. The Kier molecular flexibility index (Phi) is 5.17. The fourth-order valence-corrected chi connectivity index (χ4v) is 2.49. The maximum absolute atomic E-state index is 6.13. The third kappa shape index (κ3) is 4.09. The van der Waals surface area contributed by atoms with Crippen LogP contribution in [-0.2, 0) is 11.2 Å². The number of hydrogen-bond acceptors (Lipinski definition) is 3. The van der Waals surface area contributed by atoms with E-state index in [2.05, 4.69) is 36.5 Å². The Balaban J connectivity index is 1.64. The van der Waals surface area contributed by atoms with Gasteiger partial charge in [-0.2, -0.15) is 0 Å². The largest absolute Gasteiger partial charge is 0.378 e. The van der Waals surface area contributed by atoms with Crippen LogP contribution in [0.3, 0.4) is 0 Å². The van der Waals surface area contributed by atoms with Crippen molar-refractivity contribution in [2.75, 3.05) is 19.7 Å². The Morgan fingerprint density at radius 1 is 1.39 bits per heavy atom. The first-order valence-electron chi connectivity index (χ1n) is 6.87. The Morgan fingerprint density at radius 3 is 2.83 bits per heavy atom. The molecule has 100 valence electrons. The van der Waals surface area contributed by atoms with Gasteiger partial charge in [-0.05, 0) is 31.2 Å². The van der Waals surface area contributed by atoms with Crippen molar-refractivity contribution in [3.05, 3.63) is 35.9 Å². The van der Waals surface area contributed by atoms with Gasteiger partial charge in [0.15, 0.2) is 0 Å². The van der Waals surface area contributed by atoms with Gasteiger partial charge in [0.05, 0.1) is 6.10 Å². The predicted octanol–water partition coefficient (Wildman–Crippen LogP) is 1.57. The summed E-state index contributed by atoms with van der Waals surface area (Å²) in [6.45, 7) is 4.95. The molecule has 1 aliphatic rings. The van der Waals surface area contributed by atoms with Gasteiger partial charge < -0.3 is 15.8 Å². The first-order chi connectivity index (χ1) is 8.75. The first kappa shape index (κ1) is 13.5. The summed E-state index contributed by atoms with van der Waals surface area (Å²) in [6, 6.07) is 10.6. The monoisotopic (exact) mass is 248 g/mol. The number of hydrogen-bond donors (Lipinski definition) is 2. The van der Waals surface area contributed by atoms with E-state index in [1.54, 1.807) is 0 Å². The molecule has 3 nitrogen and oxygen atoms in total. The van der Waals surface area contributed by atoms with Gasteiger partial charge in [0, 0.05) is 25.7 Å². The van der Waals surface area contributed by atoms with Crippen molar-refractivity contribution in [2.45, 2.75) is 31.9 Å². The Morgan fingerprint density at radius 2 is 2.17 bits per heavy atom. The van der Waals surface area contributed by atoms with Crippen LogP contribution in [0.15, 0.2) is 30.3 Å². The summed E-state index contributed by atoms with van der Waals surface area (Å²) in [6.07, 6.45) is 2.50. The van der Waals surface area contributed by atoms with E-state index in [9.17, 15) is 0 Å². The second kappa shape index (κ2) is 6.88. The van der Waals surface area contributed by atoms with Crippen molar-refractivity contribution < 1.29 is 4.74 Å². The molecule has 0 spiro atoms. The zero-order valence-corrected chi connectivity index (χ0v) is 11.1. The molecule has 2 unspecified atom stereocenters. The quantitative estimate of drug-likeness (QED) is 0.803. The molecule has 0 aliphatic carbocycles. The number of nitrogens with one attached hydrogen (secondary N) is 1. The van der Waals surface area contributed by atoms with Gasteiger partial charge in [-0.25, -0.2) is 0 Å². The Hall–Kier alpha value is -0.900. The maximum atomic E-state index is 6.13. The van der Waals surface area contributed by atoms with Crippen molar-refractivity contribution in [3.63, 3.8) is 0 Å². The van der Waals surface area contributed by atoms with Crippen LogP contribution >= 0.6 is 0 Å². The van der Waals surface area contributed by atoms with Crippen molar-refractivity contribution in [3.8, 4) is 0 Å². The Bertz CT molecular complexity index is 342. The van der Waals surface area contributed by atoms with E-state index in [1.807, 2.05) is 6.07 Å². The van der Waals surface area contributed by atoms with E-state index in [-0.39, 0.29) is 6.04 Å². The highest BCUT2D eigenvalue weighted by atomic mass is 16.5. The van der Waals surface area contributed by atoms with Crippen molar-refractivity contribution in [1.29, 1.82) is 0 Å². The minimum absolute atomic E-state index is 0.185. The fraction of sp³-hybridized carbons (Fsp3) is 0.600. The van der Waals surface area contributed by atoms with Crippen LogP contribution in [0.5, 0.6) is 0 Å². The van der Waals surface area contributed by atoms with Crippen LogP contribution in [0.1, 0.15) is 18.9 Å². The number of ether oxygens (including phenoxy) is 1. The van der Waals surface area contributed by atoms with E-state index in [1.165, 1.54) is 12.0 Å². The molecule has 1 aromatic carbocycles. The zero-order valence-electron chi connectivity index (χ0n) is 11.1. The molecule has 3 N–H and O–H groups in total. The van der Waals surface area contributed by atoms with Crippen LogP contribution < -0.4 is 11.1 Å². The molecule has 0 aromatic heterocycles. The summed E-state index contributed by atoms with van der Waals surface area (Å²) < 4.78 is 5.55. The summed E-state index contributed by atoms with van der Waals surface area (Å²) in [5.74, 6) is 0.647. The van der Waals surface area contributed by atoms with E-state index in [0.29, 0.717) is 12.0 Å². The minimum Gasteiger partial charge on any atom is -0.378 e. The molecule has 0 amide bonds. The minimum atomic E-state index is 0.185. The van der Waals surface area contributed by atoms with Crippen LogP contribution in [0, 0.1) is 5.92 Å². The standard InChI is InChI=1S/C15H24N2O/c1-12-14(7-8-18-12)10-17-11-15(16)9-13-5-3-2-4-6-13/h2-6,12,14-15,17H,7-11,16H2,1H3/t12?,14?,15-/m1/s1. The van der Waals surface area contributed by atoms with Gasteiger partial charge in [0.25, 0.3) is 0 Å². The second-order valence-electron chi connectivity index (χ2n) is 5.23. The van der Waals surface area contributed by atoms with E-state index in [0.717, 1.165) is 26.1 Å². The van der Waals surface area contributed by atoms with Crippen LogP contribution in [-0.4, -0.2) is 31.8 Å². The molecule has 3 heteroatoms. The molecule has 0 saturated carbocycles. The third-order valence-corrected chi connectivity index (χ3v) is 3.69. The molecule has 0 bridgehead atoms. The predicted molar refractivity (Wildman–Crippen MR) is 74.5 cm³/mol.